The standard InChI is InChI=1S/C19H20N2O3/c1-4-5-18(23)20-13-6-7-16(22)14(10-13)19-21-15-8-11(2)12(3)9-17(15)24-19/h6-10,22H,4-5H2,1-3H3,(H,20,23). The fourth-order valence-corrected chi connectivity index (χ4v) is 2.53. The number of oxazole rings is 1. The lowest BCUT2D eigenvalue weighted by Crippen LogP contribution is -2.10. The molecule has 5 nitrogen and oxygen atoms in total. The van der Waals surface area contributed by atoms with E-state index in [-0.39, 0.29) is 11.7 Å². The number of carbonyl (C=O) groups excluding carboxylic acids is 1. The smallest absolute Gasteiger partial charge is 0.231 e. The van der Waals surface area contributed by atoms with Gasteiger partial charge in [-0.1, -0.05) is 6.92 Å². The van der Waals surface area contributed by atoms with Crippen molar-refractivity contribution in [2.24, 2.45) is 0 Å². The van der Waals surface area contributed by atoms with Crippen LogP contribution in [0.1, 0.15) is 30.9 Å². The summed E-state index contributed by atoms with van der Waals surface area (Å²) in [6.07, 6.45) is 1.23. The molecule has 24 heavy (non-hydrogen) atoms. The number of phenolic OH excluding ortho intramolecular Hbond substituents is 1. The van der Waals surface area contributed by atoms with Crippen LogP contribution < -0.4 is 5.32 Å². The Kier molecular flexibility index (Phi) is 4.25. The Morgan fingerprint density at radius 1 is 1.21 bits per heavy atom. The largest absolute Gasteiger partial charge is 0.507 e. The molecule has 0 aliphatic carbocycles. The van der Waals surface area contributed by atoms with Crippen molar-refractivity contribution < 1.29 is 14.3 Å². The van der Waals surface area contributed by atoms with Crippen LogP contribution in [-0.4, -0.2) is 16.0 Å². The highest BCUT2D eigenvalue weighted by atomic mass is 16.3. The number of aryl methyl sites for hydroxylation is 2. The fourth-order valence-electron chi connectivity index (χ4n) is 2.53. The number of phenols is 1. The molecule has 3 rings (SSSR count). The van der Waals surface area contributed by atoms with Crippen LogP contribution in [0.4, 0.5) is 5.69 Å². The number of aromatic hydroxyl groups is 1. The Balaban J connectivity index is 2.00. The Labute approximate surface area is 140 Å². The minimum atomic E-state index is -0.0574. The summed E-state index contributed by atoms with van der Waals surface area (Å²) >= 11 is 0. The van der Waals surface area contributed by atoms with Gasteiger partial charge in [0.05, 0.1) is 5.56 Å². The maximum absolute atomic E-state index is 11.7. The van der Waals surface area contributed by atoms with Crippen molar-refractivity contribution in [1.82, 2.24) is 4.98 Å². The van der Waals surface area contributed by atoms with Crippen LogP contribution in [0.3, 0.4) is 0 Å². The van der Waals surface area contributed by atoms with Gasteiger partial charge in [0.25, 0.3) is 0 Å². The quantitative estimate of drug-likeness (QED) is 0.690. The number of aromatic nitrogens is 1. The topological polar surface area (TPSA) is 75.4 Å². The highest BCUT2D eigenvalue weighted by Gasteiger charge is 2.14. The molecule has 0 aliphatic rings. The van der Waals surface area contributed by atoms with Gasteiger partial charge in [0.15, 0.2) is 5.58 Å². The van der Waals surface area contributed by atoms with Crippen molar-refractivity contribution in [2.45, 2.75) is 33.6 Å². The molecule has 5 heteroatoms. The summed E-state index contributed by atoms with van der Waals surface area (Å²) in [5.41, 5.74) is 4.73. The number of amides is 1. The lowest BCUT2D eigenvalue weighted by Gasteiger charge is -2.07. The van der Waals surface area contributed by atoms with E-state index in [1.54, 1.807) is 12.1 Å². The second-order valence-electron chi connectivity index (χ2n) is 5.95. The van der Waals surface area contributed by atoms with Crippen LogP contribution in [0.25, 0.3) is 22.6 Å². The molecule has 0 aliphatic heterocycles. The third-order valence-corrected chi connectivity index (χ3v) is 3.99. The summed E-state index contributed by atoms with van der Waals surface area (Å²) in [7, 11) is 0. The van der Waals surface area contributed by atoms with Crippen molar-refractivity contribution in [3.05, 3.63) is 41.5 Å². The molecular weight excluding hydrogens is 304 g/mol. The van der Waals surface area contributed by atoms with E-state index >= 15 is 0 Å². The van der Waals surface area contributed by atoms with Gasteiger partial charge in [0, 0.05) is 12.1 Å². The van der Waals surface area contributed by atoms with Crippen molar-refractivity contribution in [3.63, 3.8) is 0 Å². The summed E-state index contributed by atoms with van der Waals surface area (Å²) < 4.78 is 5.79. The summed E-state index contributed by atoms with van der Waals surface area (Å²) in [5.74, 6) is 0.334. The SMILES string of the molecule is CCCC(=O)Nc1ccc(O)c(-c2nc3cc(C)c(C)cc3o2)c1. The van der Waals surface area contributed by atoms with Gasteiger partial charge in [-0.05, 0) is 61.7 Å². The predicted molar refractivity (Wildman–Crippen MR) is 94.1 cm³/mol. The maximum atomic E-state index is 11.7. The van der Waals surface area contributed by atoms with E-state index in [9.17, 15) is 9.90 Å². The van der Waals surface area contributed by atoms with Crippen molar-refractivity contribution in [2.75, 3.05) is 5.32 Å². The third-order valence-electron chi connectivity index (χ3n) is 3.99. The van der Waals surface area contributed by atoms with Crippen molar-refractivity contribution in [1.29, 1.82) is 0 Å². The number of anilines is 1. The van der Waals surface area contributed by atoms with Gasteiger partial charge in [0.2, 0.25) is 11.8 Å². The molecule has 0 unspecified atom stereocenters. The third kappa shape index (κ3) is 3.11. The van der Waals surface area contributed by atoms with E-state index in [2.05, 4.69) is 10.3 Å². The fraction of sp³-hybridized carbons (Fsp3) is 0.263. The van der Waals surface area contributed by atoms with Gasteiger partial charge in [-0.2, -0.15) is 0 Å². The van der Waals surface area contributed by atoms with Crippen LogP contribution in [0.2, 0.25) is 0 Å². The summed E-state index contributed by atoms with van der Waals surface area (Å²) in [6.45, 7) is 5.98. The molecule has 0 atom stereocenters. The number of hydrogen-bond donors (Lipinski definition) is 2. The highest BCUT2D eigenvalue weighted by molar-refractivity contribution is 5.91. The monoisotopic (exact) mass is 324 g/mol. The Morgan fingerprint density at radius 3 is 2.71 bits per heavy atom. The number of carbonyl (C=O) groups is 1. The van der Waals surface area contributed by atoms with Crippen molar-refractivity contribution >= 4 is 22.7 Å². The maximum Gasteiger partial charge on any atom is 0.231 e. The molecule has 0 saturated heterocycles. The molecule has 0 bridgehead atoms. The second kappa shape index (κ2) is 6.35. The second-order valence-corrected chi connectivity index (χ2v) is 5.95. The number of nitrogens with one attached hydrogen (secondary N) is 1. The van der Waals surface area contributed by atoms with Gasteiger partial charge in [-0.15, -0.1) is 0 Å². The van der Waals surface area contributed by atoms with Gasteiger partial charge in [-0.3, -0.25) is 4.79 Å². The van der Waals surface area contributed by atoms with E-state index in [0.717, 1.165) is 23.1 Å². The van der Waals surface area contributed by atoms with E-state index in [1.165, 1.54) is 6.07 Å². The molecule has 0 saturated carbocycles. The zero-order valence-electron chi connectivity index (χ0n) is 14.0. The summed E-state index contributed by atoms with van der Waals surface area (Å²) in [5, 5.41) is 13.0. The molecule has 0 fully saturated rings. The van der Waals surface area contributed by atoms with Gasteiger partial charge < -0.3 is 14.8 Å². The van der Waals surface area contributed by atoms with Gasteiger partial charge in [0.1, 0.15) is 11.3 Å². The van der Waals surface area contributed by atoms with E-state index in [0.29, 0.717) is 29.1 Å². The molecule has 0 spiro atoms. The summed E-state index contributed by atoms with van der Waals surface area (Å²) in [4.78, 5) is 16.2. The van der Waals surface area contributed by atoms with E-state index < -0.39 is 0 Å². The molecule has 1 heterocycles. The minimum absolute atomic E-state index is 0.0574. The van der Waals surface area contributed by atoms with Crippen molar-refractivity contribution in [3.8, 4) is 17.2 Å². The average molecular weight is 324 g/mol. The molecule has 1 aromatic heterocycles. The number of rotatable bonds is 4. The number of nitrogens with zero attached hydrogens (tertiary/aromatic N) is 1. The lowest BCUT2D eigenvalue weighted by molar-refractivity contribution is -0.116. The number of benzene rings is 2. The minimum Gasteiger partial charge on any atom is -0.507 e. The predicted octanol–water partition coefficient (Wildman–Crippen LogP) is 4.56. The highest BCUT2D eigenvalue weighted by Crippen LogP contribution is 2.33. The van der Waals surface area contributed by atoms with Gasteiger partial charge in [-0.25, -0.2) is 4.98 Å². The number of fused-ring (bicyclic) bond motifs is 1. The first-order valence-corrected chi connectivity index (χ1v) is 7.99. The zero-order chi connectivity index (χ0) is 17.3. The van der Waals surface area contributed by atoms with E-state index in [1.807, 2.05) is 32.9 Å². The first-order chi connectivity index (χ1) is 11.5. The molecule has 2 N–H and O–H groups in total. The Bertz CT molecular complexity index is 873. The van der Waals surface area contributed by atoms with Crippen LogP contribution in [0.15, 0.2) is 34.7 Å². The average Bonchev–Trinajstić information content (AvgIpc) is 2.92. The van der Waals surface area contributed by atoms with E-state index in [4.69, 9.17) is 4.42 Å². The molecule has 2 aromatic carbocycles. The Hall–Kier alpha value is -2.82. The molecule has 3 aromatic rings. The normalized spacial score (nSPS) is 11.0. The zero-order valence-corrected chi connectivity index (χ0v) is 14.0. The lowest BCUT2D eigenvalue weighted by atomic mass is 10.1. The number of hydrogen-bond acceptors (Lipinski definition) is 4. The summed E-state index contributed by atoms with van der Waals surface area (Å²) in [6, 6.07) is 8.76. The molecule has 124 valence electrons. The van der Waals surface area contributed by atoms with Crippen LogP contribution >= 0.6 is 0 Å². The molecule has 0 radical (unpaired) electrons. The first-order valence-electron chi connectivity index (χ1n) is 7.99. The van der Waals surface area contributed by atoms with Crippen LogP contribution in [0, 0.1) is 13.8 Å². The Morgan fingerprint density at radius 2 is 1.96 bits per heavy atom. The molecular formula is C19H20N2O3. The van der Waals surface area contributed by atoms with Gasteiger partial charge >= 0.3 is 0 Å². The van der Waals surface area contributed by atoms with Crippen LogP contribution in [-0.2, 0) is 4.79 Å². The molecule has 1 amide bonds. The first kappa shape index (κ1) is 16.1. The van der Waals surface area contributed by atoms with Crippen LogP contribution in [0.5, 0.6) is 5.75 Å².